The van der Waals surface area contributed by atoms with Crippen LogP contribution in [-0.4, -0.2) is 18.3 Å². The number of hydrogen-bond donors (Lipinski definition) is 0. The van der Waals surface area contributed by atoms with E-state index in [1.165, 1.54) is 28.8 Å². The first kappa shape index (κ1) is 19.0. The fourth-order valence-electron chi connectivity index (χ4n) is 2.91. The second kappa shape index (κ2) is 8.27. The lowest BCUT2D eigenvalue weighted by Crippen LogP contribution is -2.18. The summed E-state index contributed by atoms with van der Waals surface area (Å²) in [6.45, 7) is 1.38. The van der Waals surface area contributed by atoms with E-state index in [1.807, 2.05) is 25.2 Å². The summed E-state index contributed by atoms with van der Waals surface area (Å²) in [5, 5.41) is 0. The van der Waals surface area contributed by atoms with E-state index >= 15 is 0 Å². The molecule has 0 N–H and O–H groups in total. The minimum Gasteiger partial charge on any atom is -0.406 e. The van der Waals surface area contributed by atoms with Crippen LogP contribution in [0.5, 0.6) is 5.75 Å². The molecule has 0 aliphatic rings. The minimum atomic E-state index is -4.66. The number of halogens is 3. The van der Waals surface area contributed by atoms with Gasteiger partial charge in [0.2, 0.25) is 0 Å². The van der Waals surface area contributed by atoms with Crippen LogP contribution < -0.4 is 4.74 Å². The van der Waals surface area contributed by atoms with Gasteiger partial charge in [-0.15, -0.1) is 13.2 Å². The van der Waals surface area contributed by atoms with Crippen molar-refractivity contribution < 1.29 is 17.9 Å². The van der Waals surface area contributed by atoms with Gasteiger partial charge < -0.3 is 4.74 Å². The van der Waals surface area contributed by atoms with Gasteiger partial charge in [-0.05, 0) is 41.4 Å². The number of rotatable bonds is 6. The van der Waals surface area contributed by atoms with Crippen LogP contribution in [0.15, 0.2) is 78.9 Å². The predicted octanol–water partition coefficient (Wildman–Crippen LogP) is 5.88. The molecule has 27 heavy (non-hydrogen) atoms. The molecule has 2 nitrogen and oxygen atoms in total. The van der Waals surface area contributed by atoms with E-state index in [1.54, 1.807) is 12.1 Å². The largest absolute Gasteiger partial charge is 0.573 e. The predicted molar refractivity (Wildman–Crippen MR) is 100 cm³/mol. The molecule has 0 radical (unpaired) electrons. The molecule has 0 fully saturated rings. The SMILES string of the molecule is CN(Cc1ccc(OC(F)(F)F)cc1)Cc1ccc(-c2ccccc2)cc1. The van der Waals surface area contributed by atoms with Crippen LogP contribution in [0, 0.1) is 0 Å². The van der Waals surface area contributed by atoms with Gasteiger partial charge in [0.15, 0.2) is 0 Å². The molecule has 0 atom stereocenters. The van der Waals surface area contributed by atoms with Crippen molar-refractivity contribution in [2.75, 3.05) is 7.05 Å². The van der Waals surface area contributed by atoms with Gasteiger partial charge in [0.05, 0.1) is 0 Å². The molecule has 3 rings (SSSR count). The van der Waals surface area contributed by atoms with E-state index < -0.39 is 6.36 Å². The van der Waals surface area contributed by atoms with E-state index in [9.17, 15) is 13.2 Å². The summed E-state index contributed by atoms with van der Waals surface area (Å²) >= 11 is 0. The van der Waals surface area contributed by atoms with Gasteiger partial charge >= 0.3 is 6.36 Å². The molecule has 0 aliphatic carbocycles. The molecule has 0 unspecified atom stereocenters. The fourth-order valence-corrected chi connectivity index (χ4v) is 2.91. The van der Waals surface area contributed by atoms with Crippen molar-refractivity contribution in [2.45, 2.75) is 19.5 Å². The molecular weight excluding hydrogens is 351 g/mol. The Labute approximate surface area is 156 Å². The average molecular weight is 371 g/mol. The third-order valence-corrected chi connectivity index (χ3v) is 4.12. The summed E-state index contributed by atoms with van der Waals surface area (Å²) in [5.74, 6) is -0.203. The number of nitrogens with zero attached hydrogens (tertiary/aromatic N) is 1. The highest BCUT2D eigenvalue weighted by atomic mass is 19.4. The molecule has 0 bridgehead atoms. The van der Waals surface area contributed by atoms with Crippen LogP contribution in [0.3, 0.4) is 0 Å². The van der Waals surface area contributed by atoms with Crippen molar-refractivity contribution >= 4 is 0 Å². The van der Waals surface area contributed by atoms with Crippen LogP contribution >= 0.6 is 0 Å². The molecule has 3 aromatic rings. The lowest BCUT2D eigenvalue weighted by atomic mass is 10.0. The topological polar surface area (TPSA) is 12.5 Å². The van der Waals surface area contributed by atoms with E-state index in [2.05, 4.69) is 46.0 Å². The van der Waals surface area contributed by atoms with Crippen molar-refractivity contribution in [3.05, 3.63) is 90.0 Å². The summed E-state index contributed by atoms with van der Waals surface area (Å²) in [4.78, 5) is 2.11. The van der Waals surface area contributed by atoms with E-state index in [0.717, 1.165) is 12.1 Å². The molecular formula is C22H20F3NO. The maximum absolute atomic E-state index is 12.2. The van der Waals surface area contributed by atoms with Crippen LogP contribution in [0.25, 0.3) is 11.1 Å². The molecule has 0 aromatic heterocycles. The molecule has 0 heterocycles. The van der Waals surface area contributed by atoms with Gasteiger partial charge in [-0.1, -0.05) is 66.7 Å². The van der Waals surface area contributed by atoms with Crippen molar-refractivity contribution in [3.63, 3.8) is 0 Å². The Hall–Kier alpha value is -2.79. The third kappa shape index (κ3) is 5.86. The summed E-state index contributed by atoms with van der Waals surface area (Å²) in [6, 6.07) is 24.5. The molecule has 140 valence electrons. The summed E-state index contributed by atoms with van der Waals surface area (Å²) in [7, 11) is 1.98. The van der Waals surface area contributed by atoms with Crippen molar-refractivity contribution in [1.29, 1.82) is 0 Å². The first-order valence-corrected chi connectivity index (χ1v) is 8.57. The Morgan fingerprint density at radius 2 is 1.19 bits per heavy atom. The second-order valence-corrected chi connectivity index (χ2v) is 6.43. The zero-order chi connectivity index (χ0) is 19.3. The van der Waals surface area contributed by atoms with E-state index in [-0.39, 0.29) is 5.75 Å². The molecule has 0 amide bonds. The van der Waals surface area contributed by atoms with Crippen LogP contribution in [0.1, 0.15) is 11.1 Å². The van der Waals surface area contributed by atoms with Gasteiger partial charge in [-0.25, -0.2) is 0 Å². The number of alkyl halides is 3. The second-order valence-electron chi connectivity index (χ2n) is 6.43. The van der Waals surface area contributed by atoms with Crippen molar-refractivity contribution in [1.82, 2.24) is 4.90 Å². The van der Waals surface area contributed by atoms with Crippen LogP contribution in [-0.2, 0) is 13.1 Å². The molecule has 3 aromatic carbocycles. The monoisotopic (exact) mass is 371 g/mol. The standard InChI is InChI=1S/C22H20F3NO/c1-26(16-18-9-13-21(14-10-18)27-22(23,24)25)15-17-7-11-20(12-8-17)19-5-3-2-4-6-19/h2-14H,15-16H2,1H3. The number of hydrogen-bond acceptors (Lipinski definition) is 2. The highest BCUT2D eigenvalue weighted by molar-refractivity contribution is 5.63. The minimum absolute atomic E-state index is 0.203. The van der Waals surface area contributed by atoms with Crippen LogP contribution in [0.4, 0.5) is 13.2 Å². The van der Waals surface area contributed by atoms with Gasteiger partial charge in [0.1, 0.15) is 5.75 Å². The molecule has 0 spiro atoms. The Kier molecular flexibility index (Phi) is 5.81. The zero-order valence-electron chi connectivity index (χ0n) is 14.9. The highest BCUT2D eigenvalue weighted by Gasteiger charge is 2.30. The summed E-state index contributed by atoms with van der Waals surface area (Å²) in [6.07, 6.45) is -4.66. The number of benzene rings is 3. The van der Waals surface area contributed by atoms with Crippen LogP contribution in [0.2, 0.25) is 0 Å². The average Bonchev–Trinajstić information content (AvgIpc) is 2.63. The molecule has 5 heteroatoms. The third-order valence-electron chi connectivity index (χ3n) is 4.12. The molecule has 0 aliphatic heterocycles. The molecule has 0 saturated carbocycles. The first-order chi connectivity index (χ1) is 12.9. The van der Waals surface area contributed by atoms with Gasteiger partial charge in [0, 0.05) is 13.1 Å². The summed E-state index contributed by atoms with van der Waals surface area (Å²) in [5.41, 5.74) is 4.45. The zero-order valence-corrected chi connectivity index (χ0v) is 14.9. The fraction of sp³-hybridized carbons (Fsp3) is 0.182. The Morgan fingerprint density at radius 3 is 1.70 bits per heavy atom. The van der Waals surface area contributed by atoms with Crippen molar-refractivity contribution in [3.8, 4) is 16.9 Å². The van der Waals surface area contributed by atoms with Gasteiger partial charge in [-0.3, -0.25) is 4.90 Å². The Morgan fingerprint density at radius 1 is 0.704 bits per heavy atom. The van der Waals surface area contributed by atoms with E-state index in [0.29, 0.717) is 6.54 Å². The maximum atomic E-state index is 12.2. The maximum Gasteiger partial charge on any atom is 0.573 e. The van der Waals surface area contributed by atoms with E-state index in [4.69, 9.17) is 0 Å². The first-order valence-electron chi connectivity index (χ1n) is 8.57. The lowest BCUT2D eigenvalue weighted by molar-refractivity contribution is -0.274. The van der Waals surface area contributed by atoms with Crippen molar-refractivity contribution in [2.24, 2.45) is 0 Å². The number of ether oxygens (including phenoxy) is 1. The highest BCUT2D eigenvalue weighted by Crippen LogP contribution is 2.23. The quantitative estimate of drug-likeness (QED) is 0.536. The Bertz CT molecular complexity index is 843. The lowest BCUT2D eigenvalue weighted by Gasteiger charge is -2.17. The molecule has 0 saturated heterocycles. The normalized spacial score (nSPS) is 11.6. The smallest absolute Gasteiger partial charge is 0.406 e. The summed E-state index contributed by atoms with van der Waals surface area (Å²) < 4.78 is 40.5. The van der Waals surface area contributed by atoms with Gasteiger partial charge in [0.25, 0.3) is 0 Å². The van der Waals surface area contributed by atoms with Gasteiger partial charge in [-0.2, -0.15) is 0 Å². The Balaban J connectivity index is 1.57.